The van der Waals surface area contributed by atoms with E-state index in [1.807, 2.05) is 4.90 Å². The minimum absolute atomic E-state index is 0.0418. The molecule has 2 saturated heterocycles. The molecular weight excluding hydrogens is 400 g/mol. The number of aromatic nitrogens is 3. The molecule has 1 spiro atoms. The van der Waals surface area contributed by atoms with Crippen molar-refractivity contribution in [2.45, 2.75) is 25.2 Å². The Kier molecular flexibility index (Phi) is 4.91. The highest BCUT2D eigenvalue weighted by atomic mass is 16.7. The van der Waals surface area contributed by atoms with E-state index in [0.717, 1.165) is 5.56 Å². The summed E-state index contributed by atoms with van der Waals surface area (Å²) >= 11 is 0. The summed E-state index contributed by atoms with van der Waals surface area (Å²) in [5, 5.41) is 0. The molecule has 1 amide bonds. The third kappa shape index (κ3) is 3.66. The normalized spacial score (nSPS) is 18.0. The Hall–Kier alpha value is -3.30. The van der Waals surface area contributed by atoms with Crippen LogP contribution < -0.4 is 11.1 Å². The van der Waals surface area contributed by atoms with E-state index >= 15 is 0 Å². The van der Waals surface area contributed by atoms with Gasteiger partial charge in [-0.05, 0) is 29.8 Å². The van der Waals surface area contributed by atoms with Crippen LogP contribution in [0.15, 0.2) is 52.2 Å². The quantitative estimate of drug-likeness (QED) is 0.634. The number of benzene rings is 1. The summed E-state index contributed by atoms with van der Waals surface area (Å²) in [6.45, 7) is 2.57. The fourth-order valence-electron chi connectivity index (χ4n) is 4.20. The van der Waals surface area contributed by atoms with E-state index in [1.165, 1.54) is 4.57 Å². The van der Waals surface area contributed by atoms with Gasteiger partial charge in [0.25, 0.3) is 5.91 Å². The van der Waals surface area contributed by atoms with Crippen molar-refractivity contribution < 1.29 is 14.3 Å². The zero-order valence-electron chi connectivity index (χ0n) is 16.9. The molecule has 1 N–H and O–H groups in total. The summed E-state index contributed by atoms with van der Waals surface area (Å²) in [4.78, 5) is 45.8. The number of H-pyrrole nitrogens is 1. The van der Waals surface area contributed by atoms with Gasteiger partial charge >= 0.3 is 11.1 Å². The molecule has 0 unspecified atom stereocenters. The van der Waals surface area contributed by atoms with Gasteiger partial charge in [0, 0.05) is 37.7 Å². The lowest BCUT2D eigenvalue weighted by molar-refractivity contribution is -0.181. The second-order valence-corrected chi connectivity index (χ2v) is 7.82. The number of ether oxygens (including phenoxy) is 2. The summed E-state index contributed by atoms with van der Waals surface area (Å²) in [6, 6.07) is 10.5. The third-order valence-corrected chi connectivity index (χ3v) is 5.90. The number of aromatic amines is 1. The number of pyridine rings is 1. The first-order chi connectivity index (χ1) is 15.0. The Morgan fingerprint density at radius 1 is 1.06 bits per heavy atom. The van der Waals surface area contributed by atoms with Crippen LogP contribution in [0.4, 0.5) is 0 Å². The molecule has 160 valence electrons. The topological polar surface area (TPSA) is 107 Å². The van der Waals surface area contributed by atoms with Gasteiger partial charge in [-0.15, -0.1) is 0 Å². The number of nitrogens with one attached hydrogen (secondary N) is 1. The molecule has 2 aliphatic rings. The molecule has 1 aromatic carbocycles. The maximum Gasteiger partial charge on any atom is 0.318 e. The van der Waals surface area contributed by atoms with Gasteiger partial charge in [-0.25, -0.2) is 4.98 Å². The van der Waals surface area contributed by atoms with Crippen LogP contribution in [0.2, 0.25) is 0 Å². The zero-order valence-corrected chi connectivity index (χ0v) is 16.9. The highest BCUT2D eigenvalue weighted by Crippen LogP contribution is 2.31. The lowest BCUT2D eigenvalue weighted by atomic mass is 10.0. The van der Waals surface area contributed by atoms with Gasteiger partial charge in [-0.2, -0.15) is 0 Å². The maximum atomic E-state index is 12.9. The molecule has 0 saturated carbocycles. The van der Waals surface area contributed by atoms with Gasteiger partial charge in [0.2, 0.25) is 0 Å². The van der Waals surface area contributed by atoms with Crippen molar-refractivity contribution in [2.24, 2.45) is 0 Å². The summed E-state index contributed by atoms with van der Waals surface area (Å²) in [6.07, 6.45) is 2.91. The van der Waals surface area contributed by atoms with E-state index in [9.17, 15) is 14.4 Å². The number of hydrogen-bond donors (Lipinski definition) is 1. The average Bonchev–Trinajstić information content (AvgIpc) is 3.25. The molecule has 31 heavy (non-hydrogen) atoms. The number of hydrogen-bond acceptors (Lipinski definition) is 6. The standard InChI is InChI=1S/C22H22N4O5/c27-19-21(29)26(18-17(24-19)2-1-9-23-18)14-15-3-5-16(6-4-15)20(28)25-10-7-22(8-11-25)30-12-13-31-22/h1-6,9H,7-8,10-14H2,(H,24,27). The van der Waals surface area contributed by atoms with Crippen molar-refractivity contribution in [1.29, 1.82) is 0 Å². The van der Waals surface area contributed by atoms with E-state index in [-0.39, 0.29) is 12.5 Å². The summed E-state index contributed by atoms with van der Waals surface area (Å²) in [5.74, 6) is -0.557. The van der Waals surface area contributed by atoms with Gasteiger partial charge in [0.1, 0.15) is 0 Å². The summed E-state index contributed by atoms with van der Waals surface area (Å²) in [7, 11) is 0. The molecule has 0 aliphatic carbocycles. The van der Waals surface area contributed by atoms with Crippen LogP contribution in [0.25, 0.3) is 11.2 Å². The zero-order chi connectivity index (χ0) is 21.4. The Morgan fingerprint density at radius 3 is 2.48 bits per heavy atom. The Balaban J connectivity index is 1.33. The summed E-state index contributed by atoms with van der Waals surface area (Å²) < 4.78 is 12.8. The van der Waals surface area contributed by atoms with Gasteiger partial charge in [0.05, 0.1) is 25.3 Å². The molecule has 0 radical (unpaired) electrons. The average molecular weight is 422 g/mol. The number of nitrogens with zero attached hydrogens (tertiary/aromatic N) is 3. The highest BCUT2D eigenvalue weighted by Gasteiger charge is 2.40. The highest BCUT2D eigenvalue weighted by molar-refractivity contribution is 5.94. The van der Waals surface area contributed by atoms with Crippen molar-refractivity contribution in [3.8, 4) is 0 Å². The number of carbonyl (C=O) groups excluding carboxylic acids is 1. The number of likely N-dealkylation sites (tertiary alicyclic amines) is 1. The fourth-order valence-corrected chi connectivity index (χ4v) is 4.20. The predicted octanol–water partition coefficient (Wildman–Crippen LogP) is 1.11. The van der Waals surface area contributed by atoms with Crippen LogP contribution in [-0.2, 0) is 16.0 Å². The fraction of sp³-hybridized carbons (Fsp3) is 0.364. The van der Waals surface area contributed by atoms with Gasteiger partial charge in [-0.1, -0.05) is 12.1 Å². The van der Waals surface area contributed by atoms with E-state index in [4.69, 9.17) is 9.47 Å². The van der Waals surface area contributed by atoms with Crippen LogP contribution in [0.5, 0.6) is 0 Å². The van der Waals surface area contributed by atoms with Crippen molar-refractivity contribution in [2.75, 3.05) is 26.3 Å². The molecule has 0 bridgehead atoms. The van der Waals surface area contributed by atoms with Crippen LogP contribution in [0, 0.1) is 0 Å². The number of piperidine rings is 1. The largest absolute Gasteiger partial charge is 0.347 e. The Morgan fingerprint density at radius 2 is 1.77 bits per heavy atom. The van der Waals surface area contributed by atoms with Gasteiger partial charge in [-0.3, -0.25) is 19.0 Å². The monoisotopic (exact) mass is 422 g/mol. The summed E-state index contributed by atoms with van der Waals surface area (Å²) in [5.41, 5.74) is 0.925. The third-order valence-electron chi connectivity index (χ3n) is 5.90. The van der Waals surface area contributed by atoms with E-state index in [2.05, 4.69) is 9.97 Å². The molecule has 2 aromatic heterocycles. The van der Waals surface area contributed by atoms with Crippen molar-refractivity contribution in [3.63, 3.8) is 0 Å². The minimum atomic E-state index is -0.689. The van der Waals surface area contributed by atoms with Crippen LogP contribution in [0.1, 0.15) is 28.8 Å². The van der Waals surface area contributed by atoms with Crippen molar-refractivity contribution in [1.82, 2.24) is 19.4 Å². The van der Waals surface area contributed by atoms with Crippen molar-refractivity contribution >= 4 is 17.1 Å². The molecule has 2 aliphatic heterocycles. The smallest absolute Gasteiger partial charge is 0.318 e. The van der Waals surface area contributed by atoms with E-state index in [0.29, 0.717) is 55.9 Å². The molecule has 9 heteroatoms. The first-order valence-electron chi connectivity index (χ1n) is 10.3. The Bertz CT molecular complexity index is 1230. The van der Waals surface area contributed by atoms with Crippen LogP contribution >= 0.6 is 0 Å². The molecule has 4 heterocycles. The van der Waals surface area contributed by atoms with Crippen LogP contribution in [0.3, 0.4) is 0 Å². The van der Waals surface area contributed by atoms with Gasteiger partial charge in [0.15, 0.2) is 11.4 Å². The molecule has 0 atom stereocenters. The lowest BCUT2D eigenvalue weighted by Crippen LogP contribution is -2.47. The second kappa shape index (κ2) is 7.75. The first kappa shape index (κ1) is 19.7. The molecule has 3 aromatic rings. The number of rotatable bonds is 3. The number of carbonyl (C=O) groups is 1. The molecule has 5 rings (SSSR count). The predicted molar refractivity (Wildman–Crippen MR) is 112 cm³/mol. The molecule has 9 nitrogen and oxygen atoms in total. The molecule has 2 fully saturated rings. The first-order valence-corrected chi connectivity index (χ1v) is 10.3. The van der Waals surface area contributed by atoms with Crippen LogP contribution in [-0.4, -0.2) is 57.4 Å². The number of amides is 1. The van der Waals surface area contributed by atoms with Gasteiger partial charge < -0.3 is 19.4 Å². The minimum Gasteiger partial charge on any atom is -0.347 e. The van der Waals surface area contributed by atoms with Crippen molar-refractivity contribution in [3.05, 3.63) is 74.4 Å². The molecular formula is C22H22N4O5. The van der Waals surface area contributed by atoms with E-state index < -0.39 is 16.9 Å². The number of fused-ring (bicyclic) bond motifs is 1. The second-order valence-electron chi connectivity index (χ2n) is 7.82. The SMILES string of the molecule is O=C(c1ccc(Cn2c(=O)c(=O)[nH]c3cccnc32)cc1)N1CCC2(CC1)OCCO2. The van der Waals surface area contributed by atoms with E-state index in [1.54, 1.807) is 42.6 Å². The lowest BCUT2D eigenvalue weighted by Gasteiger charge is -2.37. The maximum absolute atomic E-state index is 12.9. The Labute approximate surface area is 177 Å².